The number of carbonyl (C=O) groups excluding carboxylic acids is 1. The van der Waals surface area contributed by atoms with Crippen LogP contribution in [0.5, 0.6) is 0 Å². The molecular weight excluding hydrogens is 144 g/mol. The van der Waals surface area contributed by atoms with E-state index in [2.05, 4.69) is 0 Å². The lowest BCUT2D eigenvalue weighted by molar-refractivity contribution is -0.144. The van der Waals surface area contributed by atoms with Gasteiger partial charge in [0.25, 0.3) is 0 Å². The van der Waals surface area contributed by atoms with Gasteiger partial charge in [0.15, 0.2) is 0 Å². The monoisotopic (exact) mass is 158 g/mol. The normalized spacial score (nSPS) is 30.5. The van der Waals surface area contributed by atoms with Crippen LogP contribution < -0.4 is 0 Å². The molecule has 11 heavy (non-hydrogen) atoms. The Balaban J connectivity index is 2.29. The first-order chi connectivity index (χ1) is 5.24. The highest BCUT2D eigenvalue weighted by Crippen LogP contribution is 2.23. The third-order valence-corrected chi connectivity index (χ3v) is 1.94. The number of methoxy groups -OCH3 is 1. The van der Waals surface area contributed by atoms with Crippen molar-refractivity contribution >= 4 is 5.97 Å². The summed E-state index contributed by atoms with van der Waals surface area (Å²) in [6.45, 7) is 2.57. The number of hydrogen-bond donors (Lipinski definition) is 0. The van der Waals surface area contributed by atoms with Gasteiger partial charge in [-0.15, -0.1) is 0 Å². The molecule has 0 N–H and O–H groups in total. The summed E-state index contributed by atoms with van der Waals surface area (Å²) in [6, 6.07) is 0. The Kier molecular flexibility index (Phi) is 2.88. The smallest absolute Gasteiger partial charge is 0.309 e. The minimum absolute atomic E-state index is 0.0606. The van der Waals surface area contributed by atoms with Crippen LogP contribution in [0.15, 0.2) is 0 Å². The molecule has 0 bridgehead atoms. The molecular formula is C8H14O3. The number of cyclic esters (lactones) is 1. The first-order valence-corrected chi connectivity index (χ1v) is 3.93. The molecule has 0 spiro atoms. The van der Waals surface area contributed by atoms with Crippen molar-refractivity contribution in [1.82, 2.24) is 0 Å². The first-order valence-electron chi connectivity index (χ1n) is 3.93. The van der Waals surface area contributed by atoms with Crippen LogP contribution in [0.3, 0.4) is 0 Å². The van der Waals surface area contributed by atoms with Crippen LogP contribution >= 0.6 is 0 Å². The fraction of sp³-hybridized carbons (Fsp3) is 0.875. The summed E-state index contributed by atoms with van der Waals surface area (Å²) in [5.41, 5.74) is 0. The van der Waals surface area contributed by atoms with Gasteiger partial charge in [0.05, 0.1) is 12.0 Å². The second-order valence-corrected chi connectivity index (χ2v) is 2.96. The zero-order valence-electron chi connectivity index (χ0n) is 7.00. The zero-order chi connectivity index (χ0) is 8.27. The third kappa shape index (κ3) is 2.19. The molecule has 0 radical (unpaired) electrons. The summed E-state index contributed by atoms with van der Waals surface area (Å²) in [4.78, 5) is 11.0. The maximum Gasteiger partial charge on any atom is 0.309 e. The molecule has 0 aromatic heterocycles. The molecule has 0 aromatic rings. The number of esters is 1. The van der Waals surface area contributed by atoms with Crippen molar-refractivity contribution in [2.45, 2.75) is 25.9 Å². The fourth-order valence-electron chi connectivity index (χ4n) is 1.34. The van der Waals surface area contributed by atoms with Crippen LogP contribution in [0, 0.1) is 5.92 Å². The molecule has 1 heterocycles. The van der Waals surface area contributed by atoms with E-state index < -0.39 is 0 Å². The average Bonchev–Trinajstić information content (AvgIpc) is 2.26. The Bertz CT molecular complexity index is 144. The number of hydrogen-bond acceptors (Lipinski definition) is 3. The first kappa shape index (κ1) is 8.53. The molecule has 64 valence electrons. The van der Waals surface area contributed by atoms with Crippen molar-refractivity contribution < 1.29 is 14.3 Å². The highest BCUT2D eigenvalue weighted by atomic mass is 16.5. The Hall–Kier alpha value is -0.570. The van der Waals surface area contributed by atoms with Crippen molar-refractivity contribution in [3.05, 3.63) is 0 Å². The molecule has 1 saturated heterocycles. The zero-order valence-corrected chi connectivity index (χ0v) is 7.00. The van der Waals surface area contributed by atoms with Gasteiger partial charge >= 0.3 is 5.97 Å². The van der Waals surface area contributed by atoms with Gasteiger partial charge in [-0.2, -0.15) is 0 Å². The van der Waals surface area contributed by atoms with E-state index in [1.165, 1.54) is 0 Å². The van der Waals surface area contributed by atoms with E-state index in [0.29, 0.717) is 6.61 Å². The molecule has 3 heteroatoms. The molecule has 1 rings (SSSR count). The lowest BCUT2D eigenvalue weighted by atomic mass is 10.0. The van der Waals surface area contributed by atoms with Crippen LogP contribution in [0.2, 0.25) is 0 Å². The highest BCUT2D eigenvalue weighted by Gasteiger charge is 2.30. The Labute approximate surface area is 66.7 Å². The summed E-state index contributed by atoms with van der Waals surface area (Å²) in [7, 11) is 1.64. The summed E-state index contributed by atoms with van der Waals surface area (Å²) in [5.74, 6) is 0.0134. The molecule has 3 nitrogen and oxygen atoms in total. The molecule has 0 aromatic carbocycles. The van der Waals surface area contributed by atoms with E-state index in [1.807, 2.05) is 6.92 Å². The fourth-order valence-corrected chi connectivity index (χ4v) is 1.34. The van der Waals surface area contributed by atoms with Gasteiger partial charge in [0.1, 0.15) is 0 Å². The van der Waals surface area contributed by atoms with Gasteiger partial charge in [0, 0.05) is 13.7 Å². The van der Waals surface area contributed by atoms with Crippen LogP contribution in [0.4, 0.5) is 0 Å². The minimum atomic E-state index is -0.0606. The quantitative estimate of drug-likeness (QED) is 0.574. The maximum absolute atomic E-state index is 11.0. The minimum Gasteiger partial charge on any atom is -0.462 e. The third-order valence-electron chi connectivity index (χ3n) is 1.94. The van der Waals surface area contributed by atoms with Crippen molar-refractivity contribution in [2.24, 2.45) is 5.92 Å². The molecule has 1 aliphatic rings. The average molecular weight is 158 g/mol. The molecule has 0 unspecified atom stereocenters. The van der Waals surface area contributed by atoms with Gasteiger partial charge in [-0.25, -0.2) is 0 Å². The summed E-state index contributed by atoms with van der Waals surface area (Å²) >= 11 is 0. The van der Waals surface area contributed by atoms with Crippen molar-refractivity contribution in [3.8, 4) is 0 Å². The summed E-state index contributed by atoms with van der Waals surface area (Å²) in [5, 5.41) is 0. The largest absolute Gasteiger partial charge is 0.462 e. The van der Waals surface area contributed by atoms with Crippen molar-refractivity contribution in [1.29, 1.82) is 0 Å². The molecule has 2 atom stereocenters. The molecule has 1 fully saturated rings. The van der Waals surface area contributed by atoms with E-state index in [0.717, 1.165) is 12.8 Å². The highest BCUT2D eigenvalue weighted by molar-refractivity contribution is 5.74. The van der Waals surface area contributed by atoms with Crippen molar-refractivity contribution in [3.63, 3.8) is 0 Å². The summed E-state index contributed by atoms with van der Waals surface area (Å²) in [6.07, 6.45) is 1.74. The lowest BCUT2D eigenvalue weighted by Crippen LogP contribution is -2.09. The molecule has 0 saturated carbocycles. The number of rotatable bonds is 3. The molecule has 1 aliphatic heterocycles. The molecule has 0 amide bonds. The van der Waals surface area contributed by atoms with E-state index in [4.69, 9.17) is 9.47 Å². The second kappa shape index (κ2) is 3.72. The van der Waals surface area contributed by atoms with E-state index in [9.17, 15) is 4.79 Å². The maximum atomic E-state index is 11.0. The number of carbonyl (C=O) groups is 1. The predicted molar refractivity (Wildman–Crippen MR) is 40.2 cm³/mol. The van der Waals surface area contributed by atoms with Gasteiger partial charge in [-0.1, -0.05) is 0 Å². The van der Waals surface area contributed by atoms with Crippen LogP contribution in [0.1, 0.15) is 19.8 Å². The van der Waals surface area contributed by atoms with Gasteiger partial charge in [-0.3, -0.25) is 4.79 Å². The Morgan fingerprint density at radius 3 is 2.91 bits per heavy atom. The van der Waals surface area contributed by atoms with Crippen LogP contribution in [-0.4, -0.2) is 25.8 Å². The lowest BCUT2D eigenvalue weighted by Gasteiger charge is -2.02. The number of ether oxygens (including phenoxy) is 2. The standard InChI is InChI=1S/C8H14O3/c1-6-5-7(3-4-10-2)8(9)11-6/h6-7H,3-5H2,1-2H3/t6-,7+/m0/s1. The van der Waals surface area contributed by atoms with Gasteiger partial charge in [0.2, 0.25) is 0 Å². The summed E-state index contributed by atoms with van der Waals surface area (Å²) < 4.78 is 9.86. The Morgan fingerprint density at radius 2 is 2.45 bits per heavy atom. The van der Waals surface area contributed by atoms with Crippen molar-refractivity contribution in [2.75, 3.05) is 13.7 Å². The van der Waals surface area contributed by atoms with E-state index in [-0.39, 0.29) is 18.0 Å². The Morgan fingerprint density at radius 1 is 1.73 bits per heavy atom. The second-order valence-electron chi connectivity index (χ2n) is 2.96. The van der Waals surface area contributed by atoms with Crippen LogP contribution in [-0.2, 0) is 14.3 Å². The SMILES string of the molecule is COCC[C@@H]1C[C@H](C)OC1=O. The van der Waals surface area contributed by atoms with E-state index >= 15 is 0 Å². The van der Waals surface area contributed by atoms with Gasteiger partial charge in [-0.05, 0) is 19.8 Å². The van der Waals surface area contributed by atoms with Crippen LogP contribution in [0.25, 0.3) is 0 Å². The topological polar surface area (TPSA) is 35.5 Å². The van der Waals surface area contributed by atoms with E-state index in [1.54, 1.807) is 7.11 Å². The van der Waals surface area contributed by atoms with Gasteiger partial charge < -0.3 is 9.47 Å². The predicted octanol–water partition coefficient (Wildman–Crippen LogP) is 0.974. The molecule has 0 aliphatic carbocycles.